The van der Waals surface area contributed by atoms with Gasteiger partial charge in [-0.1, -0.05) is 30.3 Å². The third kappa shape index (κ3) is 4.21. The molecule has 1 aromatic carbocycles. The highest BCUT2D eigenvalue weighted by Gasteiger charge is 2.27. The Morgan fingerprint density at radius 1 is 1.07 bits per heavy atom. The average Bonchev–Trinajstić information content (AvgIpc) is 3.21. The van der Waals surface area contributed by atoms with Gasteiger partial charge in [0, 0.05) is 17.4 Å². The van der Waals surface area contributed by atoms with Gasteiger partial charge >= 0.3 is 0 Å². The summed E-state index contributed by atoms with van der Waals surface area (Å²) < 4.78 is 0. The van der Waals surface area contributed by atoms with Crippen LogP contribution in [0.1, 0.15) is 60.4 Å². The van der Waals surface area contributed by atoms with Crippen LogP contribution in [0.3, 0.4) is 0 Å². The van der Waals surface area contributed by atoms with E-state index in [2.05, 4.69) is 5.32 Å². The Hall–Kier alpha value is -2.24. The highest BCUT2D eigenvalue weighted by molar-refractivity contribution is 5.94. The van der Waals surface area contributed by atoms with Crippen LogP contribution in [-0.4, -0.2) is 40.5 Å². The molecule has 2 aromatic rings. The maximum absolute atomic E-state index is 12.9. The molecule has 0 radical (unpaired) electrons. The Bertz CT molecular complexity index is 881. The van der Waals surface area contributed by atoms with Crippen molar-refractivity contribution in [2.45, 2.75) is 64.0 Å². The maximum atomic E-state index is 12.9. The van der Waals surface area contributed by atoms with Crippen molar-refractivity contribution in [2.24, 2.45) is 0 Å². The second-order valence-corrected chi connectivity index (χ2v) is 8.46. The Morgan fingerprint density at radius 3 is 2.41 bits per heavy atom. The molecule has 0 aliphatic heterocycles. The van der Waals surface area contributed by atoms with E-state index in [0.717, 1.165) is 49.8 Å². The van der Waals surface area contributed by atoms with E-state index in [4.69, 9.17) is 4.98 Å². The van der Waals surface area contributed by atoms with Crippen LogP contribution in [0, 0.1) is 0 Å². The number of fused-ring (bicyclic) bond motifs is 2. The summed E-state index contributed by atoms with van der Waals surface area (Å²) in [5.41, 5.74) is 6.78. The molecule has 2 aliphatic carbocycles. The summed E-state index contributed by atoms with van der Waals surface area (Å²) in [6, 6.07) is 9.45. The number of amides is 1. The molecule has 154 valence electrons. The quantitative estimate of drug-likeness (QED) is 0.789. The summed E-state index contributed by atoms with van der Waals surface area (Å²) in [4.78, 5) is 19.7. The van der Waals surface area contributed by atoms with Gasteiger partial charge in [-0.15, -0.1) is 0 Å². The normalized spacial score (nSPS) is 17.5. The zero-order valence-electron chi connectivity index (χ0n) is 17.4. The number of hydrogen-bond donors (Lipinski definition) is 2. The smallest absolute Gasteiger partial charge is 0.238 e. The molecule has 0 fully saturated rings. The Labute approximate surface area is 173 Å². The summed E-state index contributed by atoms with van der Waals surface area (Å²) in [7, 11) is 1.89. The third-order valence-electron chi connectivity index (χ3n) is 6.45. The lowest BCUT2D eigenvalue weighted by atomic mass is 9.92. The molecule has 0 saturated heterocycles. The number of nitrogens with zero attached hydrogens (tertiary/aromatic N) is 2. The summed E-state index contributed by atoms with van der Waals surface area (Å²) in [5, 5.41) is 13.9. The molecule has 5 nitrogen and oxygen atoms in total. The highest BCUT2D eigenvalue weighted by Crippen LogP contribution is 2.36. The fourth-order valence-electron chi connectivity index (χ4n) is 4.62. The van der Waals surface area contributed by atoms with Crippen LogP contribution in [0.4, 0.5) is 5.69 Å². The summed E-state index contributed by atoms with van der Waals surface area (Å²) in [5.74, 6) is -0.0207. The van der Waals surface area contributed by atoms with Gasteiger partial charge in [0.1, 0.15) is 0 Å². The first-order valence-electron chi connectivity index (χ1n) is 10.8. The minimum absolute atomic E-state index is 0.0207. The average molecular weight is 394 g/mol. The zero-order chi connectivity index (χ0) is 20.4. The molecule has 2 unspecified atom stereocenters. The number of aliphatic hydroxyl groups is 1. The lowest BCUT2D eigenvalue weighted by molar-refractivity contribution is -0.117. The van der Waals surface area contributed by atoms with Gasteiger partial charge in [-0.3, -0.25) is 14.7 Å². The number of nitrogens with one attached hydrogen (secondary N) is 1. The van der Waals surface area contributed by atoms with Gasteiger partial charge in [0.2, 0.25) is 5.91 Å². The van der Waals surface area contributed by atoms with Crippen LogP contribution in [-0.2, 0) is 30.5 Å². The van der Waals surface area contributed by atoms with Crippen LogP contribution in [0.5, 0.6) is 0 Å². The van der Waals surface area contributed by atoms with Gasteiger partial charge in [0.05, 0.1) is 18.3 Å². The number of anilines is 1. The number of benzene rings is 1. The lowest BCUT2D eigenvalue weighted by Gasteiger charge is -2.29. The second kappa shape index (κ2) is 8.64. The molecule has 5 heteroatoms. The monoisotopic (exact) mass is 393 g/mol. The SMILES string of the molecule is CC(C(O)c1ccccc1)N(C)CC(=O)Nc1c2c(nc3c1CCC3)CCCC2. The van der Waals surface area contributed by atoms with E-state index in [-0.39, 0.29) is 18.5 Å². The summed E-state index contributed by atoms with van der Waals surface area (Å²) in [6.07, 6.45) is 6.88. The Kier molecular flexibility index (Phi) is 5.97. The number of hydrogen-bond acceptors (Lipinski definition) is 4. The van der Waals surface area contributed by atoms with Crippen LogP contribution < -0.4 is 5.32 Å². The standard InChI is InChI=1S/C24H31N3O2/c1-16(24(29)17-9-4-3-5-10-17)27(2)15-22(28)26-23-18-11-6-7-13-20(18)25-21-14-8-12-19(21)23/h3-5,9-10,16,24,29H,6-8,11-15H2,1-2H3,(H,25,26,28). The van der Waals surface area contributed by atoms with E-state index in [1.807, 2.05) is 49.2 Å². The fourth-order valence-corrected chi connectivity index (χ4v) is 4.62. The van der Waals surface area contributed by atoms with Gasteiger partial charge in [-0.25, -0.2) is 0 Å². The number of pyridine rings is 1. The number of aryl methyl sites for hydroxylation is 2. The molecule has 29 heavy (non-hydrogen) atoms. The molecule has 1 heterocycles. The van der Waals surface area contributed by atoms with Crippen molar-refractivity contribution >= 4 is 11.6 Å². The number of likely N-dealkylation sites (N-methyl/N-ethyl adjacent to an activating group) is 1. The number of carbonyl (C=O) groups is 1. The maximum Gasteiger partial charge on any atom is 0.238 e. The van der Waals surface area contributed by atoms with Crippen LogP contribution >= 0.6 is 0 Å². The van der Waals surface area contributed by atoms with Crippen molar-refractivity contribution in [3.8, 4) is 0 Å². The molecule has 2 N–H and O–H groups in total. The minimum atomic E-state index is -0.632. The molecule has 0 spiro atoms. The van der Waals surface area contributed by atoms with Gasteiger partial charge < -0.3 is 10.4 Å². The van der Waals surface area contributed by atoms with Crippen LogP contribution in [0.2, 0.25) is 0 Å². The Morgan fingerprint density at radius 2 is 1.69 bits per heavy atom. The van der Waals surface area contributed by atoms with E-state index < -0.39 is 6.10 Å². The van der Waals surface area contributed by atoms with E-state index in [0.29, 0.717) is 0 Å². The van der Waals surface area contributed by atoms with Gasteiger partial charge in [-0.2, -0.15) is 0 Å². The van der Waals surface area contributed by atoms with Crippen LogP contribution in [0.15, 0.2) is 30.3 Å². The minimum Gasteiger partial charge on any atom is -0.387 e. The number of rotatable bonds is 6. The number of aliphatic hydroxyl groups excluding tert-OH is 1. The molecule has 0 bridgehead atoms. The second-order valence-electron chi connectivity index (χ2n) is 8.46. The predicted molar refractivity (Wildman–Crippen MR) is 115 cm³/mol. The molecule has 2 atom stereocenters. The van der Waals surface area contributed by atoms with Crippen molar-refractivity contribution in [1.82, 2.24) is 9.88 Å². The van der Waals surface area contributed by atoms with Crippen LogP contribution in [0.25, 0.3) is 0 Å². The van der Waals surface area contributed by atoms with E-state index in [1.165, 1.54) is 28.9 Å². The van der Waals surface area contributed by atoms with Crippen molar-refractivity contribution in [1.29, 1.82) is 0 Å². The van der Waals surface area contributed by atoms with E-state index in [1.54, 1.807) is 0 Å². The van der Waals surface area contributed by atoms with Gasteiger partial charge in [0.25, 0.3) is 0 Å². The zero-order valence-corrected chi connectivity index (χ0v) is 17.4. The first kappa shape index (κ1) is 20.0. The number of aromatic nitrogens is 1. The third-order valence-corrected chi connectivity index (χ3v) is 6.45. The van der Waals surface area contributed by atoms with Gasteiger partial charge in [-0.05, 0) is 75.6 Å². The predicted octanol–water partition coefficient (Wildman–Crippen LogP) is 3.44. The largest absolute Gasteiger partial charge is 0.387 e. The first-order chi connectivity index (χ1) is 14.0. The molecule has 1 aromatic heterocycles. The van der Waals surface area contributed by atoms with Crippen molar-refractivity contribution < 1.29 is 9.90 Å². The molecular weight excluding hydrogens is 362 g/mol. The van der Waals surface area contributed by atoms with Crippen molar-refractivity contribution in [2.75, 3.05) is 18.9 Å². The highest BCUT2D eigenvalue weighted by atomic mass is 16.3. The molecular formula is C24H31N3O2. The Balaban J connectivity index is 1.47. The first-order valence-corrected chi connectivity index (χ1v) is 10.8. The molecule has 4 rings (SSSR count). The van der Waals surface area contributed by atoms with E-state index in [9.17, 15) is 9.90 Å². The number of carbonyl (C=O) groups excluding carboxylic acids is 1. The van der Waals surface area contributed by atoms with E-state index >= 15 is 0 Å². The van der Waals surface area contributed by atoms with Gasteiger partial charge in [0.15, 0.2) is 0 Å². The lowest BCUT2D eigenvalue weighted by Crippen LogP contribution is -2.40. The molecule has 0 saturated carbocycles. The van der Waals surface area contributed by atoms with Crippen molar-refractivity contribution in [3.63, 3.8) is 0 Å². The molecule has 2 aliphatic rings. The topological polar surface area (TPSA) is 65.5 Å². The summed E-state index contributed by atoms with van der Waals surface area (Å²) in [6.45, 7) is 2.20. The van der Waals surface area contributed by atoms with Crippen molar-refractivity contribution in [3.05, 3.63) is 58.4 Å². The summed E-state index contributed by atoms with van der Waals surface area (Å²) >= 11 is 0. The molecule has 1 amide bonds. The fraction of sp³-hybridized carbons (Fsp3) is 0.500.